The van der Waals surface area contributed by atoms with Crippen LogP contribution in [0.5, 0.6) is 0 Å². The van der Waals surface area contributed by atoms with Crippen molar-refractivity contribution in [1.29, 1.82) is 0 Å². The van der Waals surface area contributed by atoms with E-state index in [1.165, 1.54) is 0 Å². The van der Waals surface area contributed by atoms with Gasteiger partial charge in [-0.3, -0.25) is 0 Å². The van der Waals surface area contributed by atoms with E-state index >= 15 is 0 Å². The first kappa shape index (κ1) is 10.3. The minimum Gasteiger partial charge on any atom is -0.366 e. The minimum absolute atomic E-state index is 0.0845. The SMILES string of the molecule is CC(C)CCOC(C)SO. The fraction of sp³-hybridized carbons (Fsp3) is 1.00. The summed E-state index contributed by atoms with van der Waals surface area (Å²) in [5, 5.41) is 0. The highest BCUT2D eigenvalue weighted by Crippen LogP contribution is 2.08. The Labute approximate surface area is 67.2 Å². The van der Waals surface area contributed by atoms with Gasteiger partial charge in [-0.1, -0.05) is 13.8 Å². The molecule has 1 N–H and O–H groups in total. The van der Waals surface area contributed by atoms with Gasteiger partial charge in [0.15, 0.2) is 0 Å². The molecule has 1 atom stereocenters. The summed E-state index contributed by atoms with van der Waals surface area (Å²) in [5.41, 5.74) is -0.0845. The largest absolute Gasteiger partial charge is 0.366 e. The predicted octanol–water partition coefficient (Wildman–Crippen LogP) is 2.60. The number of hydrogen-bond donors (Lipinski definition) is 1. The number of hydrogen-bond acceptors (Lipinski definition) is 3. The van der Waals surface area contributed by atoms with Gasteiger partial charge in [0, 0.05) is 18.6 Å². The van der Waals surface area contributed by atoms with E-state index in [1.807, 2.05) is 6.92 Å². The molecule has 0 saturated carbocycles. The first-order valence-corrected chi connectivity index (χ1v) is 4.42. The van der Waals surface area contributed by atoms with Crippen LogP contribution in [0.2, 0.25) is 0 Å². The van der Waals surface area contributed by atoms with Crippen molar-refractivity contribution >= 4 is 12.0 Å². The molecule has 0 rings (SSSR count). The second-order valence-electron chi connectivity index (χ2n) is 2.73. The maximum Gasteiger partial charge on any atom is 0.125 e. The summed E-state index contributed by atoms with van der Waals surface area (Å²) in [6.07, 6.45) is 1.06. The van der Waals surface area contributed by atoms with Gasteiger partial charge >= 0.3 is 0 Å². The Morgan fingerprint density at radius 3 is 2.40 bits per heavy atom. The van der Waals surface area contributed by atoms with Crippen molar-refractivity contribution in [1.82, 2.24) is 0 Å². The van der Waals surface area contributed by atoms with Gasteiger partial charge in [-0.25, -0.2) is 0 Å². The molecule has 0 amide bonds. The molecular weight excluding hydrogens is 148 g/mol. The van der Waals surface area contributed by atoms with E-state index in [2.05, 4.69) is 13.8 Å². The lowest BCUT2D eigenvalue weighted by Gasteiger charge is -2.09. The quantitative estimate of drug-likeness (QED) is 0.500. The van der Waals surface area contributed by atoms with E-state index in [1.54, 1.807) is 0 Å². The highest BCUT2D eigenvalue weighted by atomic mass is 32.2. The smallest absolute Gasteiger partial charge is 0.125 e. The summed E-state index contributed by atoms with van der Waals surface area (Å²) in [7, 11) is 0. The van der Waals surface area contributed by atoms with Crippen LogP contribution >= 0.6 is 12.0 Å². The van der Waals surface area contributed by atoms with Crippen molar-refractivity contribution in [2.24, 2.45) is 5.92 Å². The van der Waals surface area contributed by atoms with Crippen LogP contribution in [-0.2, 0) is 4.74 Å². The van der Waals surface area contributed by atoms with Crippen LogP contribution < -0.4 is 0 Å². The first-order chi connectivity index (χ1) is 4.66. The molecule has 0 radical (unpaired) electrons. The van der Waals surface area contributed by atoms with Crippen molar-refractivity contribution in [3.8, 4) is 0 Å². The van der Waals surface area contributed by atoms with E-state index in [0.717, 1.165) is 25.1 Å². The second kappa shape index (κ2) is 6.01. The summed E-state index contributed by atoms with van der Waals surface area (Å²) in [5.74, 6) is 0.677. The first-order valence-electron chi connectivity index (χ1n) is 3.58. The van der Waals surface area contributed by atoms with Crippen molar-refractivity contribution < 1.29 is 9.29 Å². The molecular formula is C7H16O2S. The lowest BCUT2D eigenvalue weighted by atomic mass is 10.1. The van der Waals surface area contributed by atoms with Gasteiger partial charge in [0.2, 0.25) is 0 Å². The Hall–Kier alpha value is 0.270. The van der Waals surface area contributed by atoms with E-state index < -0.39 is 0 Å². The third-order valence-electron chi connectivity index (χ3n) is 1.20. The van der Waals surface area contributed by atoms with Crippen LogP contribution in [0.25, 0.3) is 0 Å². The van der Waals surface area contributed by atoms with Crippen molar-refractivity contribution in [3.63, 3.8) is 0 Å². The van der Waals surface area contributed by atoms with E-state index in [4.69, 9.17) is 9.29 Å². The Bertz CT molecular complexity index is 76.0. The van der Waals surface area contributed by atoms with Gasteiger partial charge in [-0.05, 0) is 19.3 Å². The van der Waals surface area contributed by atoms with Crippen LogP contribution in [-0.4, -0.2) is 16.6 Å². The van der Waals surface area contributed by atoms with E-state index in [0.29, 0.717) is 5.92 Å². The maximum atomic E-state index is 8.49. The molecule has 0 saturated heterocycles. The molecule has 0 bridgehead atoms. The van der Waals surface area contributed by atoms with Crippen molar-refractivity contribution in [2.75, 3.05) is 6.61 Å². The maximum absolute atomic E-state index is 8.49. The highest BCUT2D eigenvalue weighted by Gasteiger charge is 2.00. The zero-order valence-electron chi connectivity index (χ0n) is 6.83. The summed E-state index contributed by atoms with van der Waals surface area (Å²) in [6.45, 7) is 6.89. The molecule has 62 valence electrons. The Balaban J connectivity index is 3.03. The predicted molar refractivity (Wildman–Crippen MR) is 45.1 cm³/mol. The monoisotopic (exact) mass is 164 g/mol. The molecule has 0 fully saturated rings. The Kier molecular flexibility index (Phi) is 6.17. The highest BCUT2D eigenvalue weighted by molar-refractivity contribution is 7.94. The molecule has 10 heavy (non-hydrogen) atoms. The lowest BCUT2D eigenvalue weighted by molar-refractivity contribution is 0.110. The Morgan fingerprint density at radius 1 is 1.40 bits per heavy atom. The topological polar surface area (TPSA) is 29.5 Å². The molecule has 1 unspecified atom stereocenters. The fourth-order valence-electron chi connectivity index (χ4n) is 0.500. The number of rotatable bonds is 5. The molecule has 2 nitrogen and oxygen atoms in total. The third kappa shape index (κ3) is 6.39. The summed E-state index contributed by atoms with van der Waals surface area (Å²) in [4.78, 5) is 0. The van der Waals surface area contributed by atoms with E-state index in [-0.39, 0.29) is 5.44 Å². The van der Waals surface area contributed by atoms with Crippen LogP contribution in [0.15, 0.2) is 0 Å². The van der Waals surface area contributed by atoms with Gasteiger partial charge in [0.25, 0.3) is 0 Å². The summed E-state index contributed by atoms with van der Waals surface area (Å²) >= 11 is 0.754. The summed E-state index contributed by atoms with van der Waals surface area (Å²) < 4.78 is 13.7. The second-order valence-corrected chi connectivity index (χ2v) is 3.60. The molecule has 0 heterocycles. The van der Waals surface area contributed by atoms with Gasteiger partial charge < -0.3 is 9.29 Å². The molecule has 0 aliphatic rings. The zero-order chi connectivity index (χ0) is 7.98. The fourth-order valence-corrected chi connectivity index (χ4v) is 0.657. The average Bonchev–Trinajstić information content (AvgIpc) is 1.87. The number of ether oxygens (including phenoxy) is 1. The lowest BCUT2D eigenvalue weighted by Crippen LogP contribution is -2.05. The van der Waals surface area contributed by atoms with Gasteiger partial charge in [-0.15, -0.1) is 0 Å². The summed E-state index contributed by atoms with van der Waals surface area (Å²) in [6, 6.07) is 0. The van der Waals surface area contributed by atoms with Crippen molar-refractivity contribution in [3.05, 3.63) is 0 Å². The van der Waals surface area contributed by atoms with Crippen LogP contribution in [0.3, 0.4) is 0 Å². The Morgan fingerprint density at radius 2 is 2.00 bits per heavy atom. The molecule has 0 aromatic carbocycles. The van der Waals surface area contributed by atoms with Crippen molar-refractivity contribution in [2.45, 2.75) is 32.6 Å². The molecule has 0 aromatic heterocycles. The molecule has 0 aliphatic carbocycles. The van der Waals surface area contributed by atoms with Gasteiger partial charge in [0.05, 0.1) is 0 Å². The third-order valence-corrected chi connectivity index (χ3v) is 1.63. The zero-order valence-corrected chi connectivity index (χ0v) is 7.65. The van der Waals surface area contributed by atoms with Crippen LogP contribution in [0.4, 0.5) is 0 Å². The molecule has 0 aromatic rings. The van der Waals surface area contributed by atoms with Crippen LogP contribution in [0.1, 0.15) is 27.2 Å². The van der Waals surface area contributed by atoms with Gasteiger partial charge in [-0.2, -0.15) is 0 Å². The minimum atomic E-state index is -0.0845. The van der Waals surface area contributed by atoms with Crippen LogP contribution in [0, 0.1) is 5.92 Å². The van der Waals surface area contributed by atoms with Gasteiger partial charge in [0.1, 0.15) is 5.44 Å². The molecule has 0 spiro atoms. The molecule has 0 aliphatic heterocycles. The average molecular weight is 164 g/mol. The van der Waals surface area contributed by atoms with E-state index in [9.17, 15) is 0 Å². The standard InChI is InChI=1S/C7H16O2S/c1-6(2)4-5-9-7(3)10-8/h6-8H,4-5H2,1-3H3. The molecule has 3 heteroatoms. The normalized spacial score (nSPS) is 14.1.